The lowest BCUT2D eigenvalue weighted by atomic mass is 9.85. The van der Waals surface area contributed by atoms with Crippen LogP contribution < -0.4 is 0 Å². The van der Waals surface area contributed by atoms with E-state index in [1.54, 1.807) is 0 Å². The number of hydrogen-bond donors (Lipinski definition) is 0. The van der Waals surface area contributed by atoms with E-state index in [2.05, 4.69) is 0 Å². The summed E-state index contributed by atoms with van der Waals surface area (Å²) in [5.41, 5.74) is 0. The van der Waals surface area contributed by atoms with Crippen LogP contribution in [0.4, 0.5) is 114 Å². The standard InChI is InChI=1S/C13F26/c14-1(2(15)16)3(17,18)4(19,20)5(21,22)6(23,24)7(25,26)8(27,28)9(29,30)10(31,32)11(33,34)12(35,36)13(37,38)39. The van der Waals surface area contributed by atoms with Crippen molar-refractivity contribution in [2.75, 3.05) is 0 Å². The van der Waals surface area contributed by atoms with Crippen molar-refractivity contribution in [1.29, 1.82) is 0 Å². The summed E-state index contributed by atoms with van der Waals surface area (Å²) in [4.78, 5) is 0. The van der Waals surface area contributed by atoms with Crippen molar-refractivity contribution in [2.24, 2.45) is 0 Å². The van der Waals surface area contributed by atoms with Gasteiger partial charge in [0, 0.05) is 0 Å². The Morgan fingerprint density at radius 2 is 0.436 bits per heavy atom. The molecule has 0 saturated carbocycles. The molecule has 0 radical (unpaired) electrons. The summed E-state index contributed by atoms with van der Waals surface area (Å²) in [5.74, 6) is -96.9. The normalized spacial score (nSPS) is 16.5. The minimum atomic E-state index is -9.62. The zero-order chi connectivity index (χ0) is 32.7. The fourth-order valence-corrected chi connectivity index (χ4v) is 2.01. The molecule has 0 bridgehead atoms. The Hall–Kier alpha value is -2.08. The van der Waals surface area contributed by atoms with E-state index in [0.717, 1.165) is 0 Å². The van der Waals surface area contributed by atoms with Crippen LogP contribution in [0.15, 0.2) is 11.9 Å². The molecule has 0 fully saturated rings. The maximum Gasteiger partial charge on any atom is 0.460 e. The Morgan fingerprint density at radius 1 is 0.256 bits per heavy atom. The van der Waals surface area contributed by atoms with Gasteiger partial charge in [0.05, 0.1) is 0 Å². The highest BCUT2D eigenvalue weighted by Crippen LogP contribution is 2.67. The van der Waals surface area contributed by atoms with E-state index in [4.69, 9.17) is 0 Å². The van der Waals surface area contributed by atoms with Crippen LogP contribution in [0.2, 0.25) is 0 Å². The van der Waals surface area contributed by atoms with Gasteiger partial charge in [0.2, 0.25) is 5.83 Å². The van der Waals surface area contributed by atoms with Crippen molar-refractivity contribution in [2.45, 2.75) is 65.4 Å². The average molecular weight is 650 g/mol. The lowest BCUT2D eigenvalue weighted by Crippen LogP contribution is -2.77. The van der Waals surface area contributed by atoms with Gasteiger partial charge in [-0.05, 0) is 0 Å². The van der Waals surface area contributed by atoms with E-state index in [9.17, 15) is 114 Å². The molecule has 26 heteroatoms. The van der Waals surface area contributed by atoms with Crippen LogP contribution in [0.5, 0.6) is 0 Å². The van der Waals surface area contributed by atoms with Gasteiger partial charge >= 0.3 is 71.5 Å². The van der Waals surface area contributed by atoms with Gasteiger partial charge in [-0.25, -0.2) is 0 Å². The molecular weight excluding hydrogens is 650 g/mol. The zero-order valence-corrected chi connectivity index (χ0v) is 16.3. The molecule has 0 rings (SSSR count). The Labute approximate surface area is 193 Å². The van der Waals surface area contributed by atoms with Crippen LogP contribution in [0.1, 0.15) is 0 Å². The molecule has 234 valence electrons. The largest absolute Gasteiger partial charge is 0.460 e. The van der Waals surface area contributed by atoms with E-state index in [1.807, 2.05) is 0 Å². The number of hydrogen-bond acceptors (Lipinski definition) is 0. The van der Waals surface area contributed by atoms with Crippen molar-refractivity contribution in [1.82, 2.24) is 0 Å². The lowest BCUT2D eigenvalue weighted by Gasteiger charge is -2.45. The van der Waals surface area contributed by atoms with Crippen LogP contribution in [-0.4, -0.2) is 65.4 Å². The van der Waals surface area contributed by atoms with E-state index >= 15 is 0 Å². The van der Waals surface area contributed by atoms with Gasteiger partial charge < -0.3 is 0 Å². The van der Waals surface area contributed by atoms with Crippen LogP contribution in [0.3, 0.4) is 0 Å². The first-order valence-corrected chi connectivity index (χ1v) is 7.91. The minimum Gasteiger partial charge on any atom is -0.199 e. The first kappa shape index (κ1) is 36.9. The van der Waals surface area contributed by atoms with Crippen LogP contribution in [0.25, 0.3) is 0 Å². The third-order valence-electron chi connectivity index (χ3n) is 4.35. The van der Waals surface area contributed by atoms with E-state index in [0.29, 0.717) is 0 Å². The molecule has 0 heterocycles. The highest BCUT2D eigenvalue weighted by Gasteiger charge is 2.99. The highest BCUT2D eigenvalue weighted by atomic mass is 19.4. The molecule has 0 spiro atoms. The monoisotopic (exact) mass is 650 g/mol. The minimum absolute atomic E-state index is 4.82. The molecule has 39 heavy (non-hydrogen) atoms. The molecule has 0 aromatic heterocycles. The maximum atomic E-state index is 13.4. The van der Waals surface area contributed by atoms with Crippen LogP contribution in [0, 0.1) is 0 Å². The predicted molar refractivity (Wildman–Crippen MR) is 65.9 cm³/mol. The molecule has 0 unspecified atom stereocenters. The van der Waals surface area contributed by atoms with Gasteiger partial charge in [-0.1, -0.05) is 0 Å². The Balaban J connectivity index is 7.34. The van der Waals surface area contributed by atoms with Crippen molar-refractivity contribution in [3.63, 3.8) is 0 Å². The second-order valence-corrected chi connectivity index (χ2v) is 6.82. The lowest BCUT2D eigenvalue weighted by molar-refractivity contribution is -0.478. The molecule has 0 aliphatic carbocycles. The number of alkyl halides is 23. The number of halogens is 26. The molecule has 0 nitrogen and oxygen atoms in total. The van der Waals surface area contributed by atoms with Gasteiger partial charge in [-0.2, -0.15) is 114 Å². The Bertz CT molecular complexity index is 939. The third kappa shape index (κ3) is 4.31. The summed E-state index contributed by atoms with van der Waals surface area (Å²) < 4.78 is 335. The van der Waals surface area contributed by atoms with Gasteiger partial charge in [-0.3, -0.25) is 0 Å². The summed E-state index contributed by atoms with van der Waals surface area (Å²) in [6.07, 6.45) is -13.0. The summed E-state index contributed by atoms with van der Waals surface area (Å²) in [7, 11) is 0. The molecule has 0 N–H and O–H groups in total. The van der Waals surface area contributed by atoms with Crippen molar-refractivity contribution >= 4 is 0 Å². The first-order chi connectivity index (χ1) is 16.4. The zero-order valence-electron chi connectivity index (χ0n) is 16.3. The van der Waals surface area contributed by atoms with Gasteiger partial charge in [0.1, 0.15) is 0 Å². The van der Waals surface area contributed by atoms with Crippen LogP contribution >= 0.6 is 0 Å². The Morgan fingerprint density at radius 3 is 0.615 bits per heavy atom. The average Bonchev–Trinajstić information content (AvgIpc) is 2.70. The Kier molecular flexibility index (Phi) is 8.48. The fraction of sp³-hybridized carbons (Fsp3) is 0.846. The van der Waals surface area contributed by atoms with Gasteiger partial charge in [-0.15, -0.1) is 0 Å². The van der Waals surface area contributed by atoms with E-state index in [-0.39, 0.29) is 0 Å². The molecule has 0 saturated heterocycles. The van der Waals surface area contributed by atoms with Crippen LogP contribution in [-0.2, 0) is 0 Å². The second kappa shape index (κ2) is 8.96. The van der Waals surface area contributed by atoms with E-state index < -0.39 is 77.3 Å². The van der Waals surface area contributed by atoms with Crippen molar-refractivity contribution in [3.8, 4) is 0 Å². The summed E-state index contributed by atoms with van der Waals surface area (Å²) in [6.45, 7) is 0. The van der Waals surface area contributed by atoms with Crippen molar-refractivity contribution in [3.05, 3.63) is 11.9 Å². The smallest absolute Gasteiger partial charge is 0.199 e. The SMILES string of the molecule is FC(F)=C(F)C(F)(F)C(F)(F)C(F)(F)C(F)(F)C(F)(F)C(F)(F)C(F)(F)C(F)(F)C(F)(F)C(F)(F)C(F)(F)F. The topological polar surface area (TPSA) is 0 Å². The van der Waals surface area contributed by atoms with Gasteiger partial charge in [0.15, 0.2) is 0 Å². The fourth-order valence-electron chi connectivity index (χ4n) is 2.01. The molecule has 0 aliphatic rings. The van der Waals surface area contributed by atoms with Gasteiger partial charge in [0.25, 0.3) is 0 Å². The maximum absolute atomic E-state index is 13.4. The number of rotatable bonds is 10. The molecule has 0 aromatic rings. The molecule has 0 aromatic carbocycles. The first-order valence-electron chi connectivity index (χ1n) is 7.91. The van der Waals surface area contributed by atoms with Crippen molar-refractivity contribution < 1.29 is 114 Å². The van der Waals surface area contributed by atoms with E-state index in [1.165, 1.54) is 0 Å². The summed E-state index contributed by atoms with van der Waals surface area (Å²) >= 11 is 0. The highest BCUT2D eigenvalue weighted by molar-refractivity contribution is 5.22. The predicted octanol–water partition coefficient (Wildman–Crippen LogP) is 8.98. The molecule has 0 atom stereocenters. The molecule has 0 aliphatic heterocycles. The third-order valence-corrected chi connectivity index (χ3v) is 4.35. The summed E-state index contributed by atoms with van der Waals surface area (Å²) in [6, 6.07) is 0. The molecular formula is C13F26. The quantitative estimate of drug-likeness (QED) is 0.207. The second-order valence-electron chi connectivity index (χ2n) is 6.82. The molecule has 0 amide bonds. The summed E-state index contributed by atoms with van der Waals surface area (Å²) in [5, 5.41) is 0. The number of allylic oxidation sites excluding steroid dienone is 1.